The SMILES string of the molecule is COc1ccc(N2C(=O)C(Cl)=C(N3CCN[C@H](C)C3)C2=O)cc1. The molecule has 1 N–H and O–H groups in total. The van der Waals surface area contributed by atoms with Crippen LogP contribution in [0.1, 0.15) is 6.92 Å². The highest BCUT2D eigenvalue weighted by Gasteiger charge is 2.41. The fraction of sp³-hybridized carbons (Fsp3) is 0.375. The van der Waals surface area contributed by atoms with Crippen LogP contribution in [0.5, 0.6) is 5.75 Å². The third kappa shape index (κ3) is 2.80. The molecular weight excluding hydrogens is 318 g/mol. The molecule has 0 aliphatic carbocycles. The molecule has 122 valence electrons. The van der Waals surface area contributed by atoms with Crippen LogP contribution in [0.2, 0.25) is 0 Å². The minimum absolute atomic E-state index is 0.0140. The molecule has 2 aliphatic heterocycles. The van der Waals surface area contributed by atoms with Crippen molar-refractivity contribution < 1.29 is 14.3 Å². The Labute approximate surface area is 139 Å². The van der Waals surface area contributed by atoms with Crippen LogP contribution in [0, 0.1) is 0 Å². The first-order chi connectivity index (χ1) is 11.0. The Morgan fingerprint density at radius 3 is 2.52 bits per heavy atom. The molecular formula is C16H18ClN3O3. The van der Waals surface area contributed by atoms with Gasteiger partial charge in [0, 0.05) is 25.7 Å². The van der Waals surface area contributed by atoms with Gasteiger partial charge >= 0.3 is 0 Å². The summed E-state index contributed by atoms with van der Waals surface area (Å²) in [6.45, 7) is 4.06. The van der Waals surface area contributed by atoms with E-state index in [0.29, 0.717) is 30.2 Å². The Morgan fingerprint density at radius 1 is 1.22 bits per heavy atom. The molecule has 2 amide bonds. The summed E-state index contributed by atoms with van der Waals surface area (Å²) in [5, 5.41) is 3.29. The molecule has 1 atom stereocenters. The standard InChI is InChI=1S/C16H18ClN3O3/c1-10-9-19(8-7-18-10)14-13(17)15(21)20(16(14)22)11-3-5-12(23-2)6-4-11/h3-6,10,18H,7-9H2,1-2H3/t10-/m1/s1. The fourth-order valence-electron chi connectivity index (χ4n) is 2.87. The van der Waals surface area contributed by atoms with Crippen molar-refractivity contribution in [1.29, 1.82) is 0 Å². The maximum atomic E-state index is 12.8. The van der Waals surface area contributed by atoms with E-state index in [1.54, 1.807) is 31.4 Å². The number of amides is 2. The van der Waals surface area contributed by atoms with Crippen LogP contribution in [0.25, 0.3) is 0 Å². The molecule has 7 heteroatoms. The summed E-state index contributed by atoms with van der Waals surface area (Å²) in [6.07, 6.45) is 0. The quantitative estimate of drug-likeness (QED) is 0.844. The summed E-state index contributed by atoms with van der Waals surface area (Å²) in [5.41, 5.74) is 0.776. The lowest BCUT2D eigenvalue weighted by Gasteiger charge is -2.33. The highest BCUT2D eigenvalue weighted by atomic mass is 35.5. The summed E-state index contributed by atoms with van der Waals surface area (Å²) in [6, 6.07) is 6.98. The number of imide groups is 1. The molecule has 0 bridgehead atoms. The van der Waals surface area contributed by atoms with Gasteiger partial charge in [0.25, 0.3) is 11.8 Å². The van der Waals surface area contributed by atoms with Crippen molar-refractivity contribution in [3.63, 3.8) is 0 Å². The summed E-state index contributed by atoms with van der Waals surface area (Å²) in [4.78, 5) is 28.2. The first-order valence-electron chi connectivity index (χ1n) is 7.44. The number of ether oxygens (including phenoxy) is 1. The first-order valence-corrected chi connectivity index (χ1v) is 7.81. The third-order valence-electron chi connectivity index (χ3n) is 4.02. The maximum Gasteiger partial charge on any atom is 0.283 e. The number of nitrogens with one attached hydrogen (secondary N) is 1. The summed E-state index contributed by atoms with van der Waals surface area (Å²) in [5.74, 6) is -0.203. The Bertz CT molecular complexity index is 672. The molecule has 1 fully saturated rings. The van der Waals surface area contributed by atoms with E-state index < -0.39 is 5.91 Å². The fourth-order valence-corrected chi connectivity index (χ4v) is 3.15. The number of halogens is 1. The number of rotatable bonds is 3. The molecule has 2 aliphatic rings. The average molecular weight is 336 g/mol. The lowest BCUT2D eigenvalue weighted by Crippen LogP contribution is -2.50. The average Bonchev–Trinajstić information content (AvgIpc) is 2.77. The van der Waals surface area contributed by atoms with Crippen LogP contribution >= 0.6 is 11.6 Å². The second-order valence-electron chi connectivity index (χ2n) is 5.61. The van der Waals surface area contributed by atoms with Gasteiger partial charge in [0.05, 0.1) is 12.8 Å². The number of carbonyl (C=O) groups excluding carboxylic acids is 2. The molecule has 0 aromatic heterocycles. The van der Waals surface area contributed by atoms with Crippen LogP contribution in [0.3, 0.4) is 0 Å². The number of anilines is 1. The number of piperazine rings is 1. The van der Waals surface area contributed by atoms with Gasteiger partial charge in [-0.05, 0) is 31.2 Å². The molecule has 1 aromatic carbocycles. The Hall–Kier alpha value is -2.05. The third-order valence-corrected chi connectivity index (χ3v) is 4.36. The molecule has 2 heterocycles. The van der Waals surface area contributed by atoms with Gasteiger partial charge in [0.15, 0.2) is 0 Å². The molecule has 1 aromatic rings. The second kappa shape index (κ2) is 6.22. The van der Waals surface area contributed by atoms with E-state index in [9.17, 15) is 9.59 Å². The number of methoxy groups -OCH3 is 1. The van der Waals surface area contributed by atoms with E-state index in [0.717, 1.165) is 11.4 Å². The Balaban J connectivity index is 1.88. The number of nitrogens with zero attached hydrogens (tertiary/aromatic N) is 2. The highest BCUT2D eigenvalue weighted by molar-refractivity contribution is 6.52. The maximum absolute atomic E-state index is 12.8. The Kier molecular flexibility index (Phi) is 4.28. The van der Waals surface area contributed by atoms with Gasteiger partial charge in [-0.1, -0.05) is 11.6 Å². The van der Waals surface area contributed by atoms with E-state index in [-0.39, 0.29) is 17.0 Å². The molecule has 0 unspecified atom stereocenters. The van der Waals surface area contributed by atoms with Crippen LogP contribution in [0.15, 0.2) is 35.0 Å². The van der Waals surface area contributed by atoms with Crippen LogP contribution in [-0.4, -0.2) is 49.5 Å². The second-order valence-corrected chi connectivity index (χ2v) is 5.99. The zero-order valence-corrected chi connectivity index (χ0v) is 13.8. The summed E-state index contributed by atoms with van der Waals surface area (Å²) in [7, 11) is 1.56. The zero-order chi connectivity index (χ0) is 16.6. The lowest BCUT2D eigenvalue weighted by atomic mass is 10.2. The van der Waals surface area contributed by atoms with Gasteiger partial charge in [0.2, 0.25) is 0 Å². The molecule has 0 spiro atoms. The van der Waals surface area contributed by atoms with Crippen molar-refractivity contribution in [3.8, 4) is 5.75 Å². The van der Waals surface area contributed by atoms with Crippen LogP contribution < -0.4 is 15.0 Å². The number of hydrogen-bond acceptors (Lipinski definition) is 5. The predicted molar refractivity (Wildman–Crippen MR) is 87.4 cm³/mol. The summed E-state index contributed by atoms with van der Waals surface area (Å²) < 4.78 is 5.09. The van der Waals surface area contributed by atoms with Gasteiger partial charge in [-0.25, -0.2) is 4.90 Å². The van der Waals surface area contributed by atoms with E-state index in [1.165, 1.54) is 0 Å². The first kappa shape index (κ1) is 15.8. The summed E-state index contributed by atoms with van der Waals surface area (Å²) >= 11 is 6.19. The topological polar surface area (TPSA) is 61.9 Å². The smallest absolute Gasteiger partial charge is 0.283 e. The van der Waals surface area contributed by atoms with E-state index in [1.807, 2.05) is 11.8 Å². The van der Waals surface area contributed by atoms with Crippen molar-refractivity contribution in [3.05, 3.63) is 35.0 Å². The molecule has 6 nitrogen and oxygen atoms in total. The molecule has 1 saturated heterocycles. The number of hydrogen-bond donors (Lipinski definition) is 1. The molecule has 3 rings (SSSR count). The predicted octanol–water partition coefficient (Wildman–Crippen LogP) is 1.31. The highest BCUT2D eigenvalue weighted by Crippen LogP contribution is 2.32. The van der Waals surface area contributed by atoms with Crippen LogP contribution in [0.4, 0.5) is 5.69 Å². The number of benzene rings is 1. The zero-order valence-electron chi connectivity index (χ0n) is 13.0. The van der Waals surface area contributed by atoms with Crippen LogP contribution in [-0.2, 0) is 9.59 Å². The van der Waals surface area contributed by atoms with Crippen molar-refractivity contribution in [2.24, 2.45) is 0 Å². The van der Waals surface area contributed by atoms with Gasteiger partial charge in [0.1, 0.15) is 16.5 Å². The minimum Gasteiger partial charge on any atom is -0.497 e. The van der Waals surface area contributed by atoms with E-state index >= 15 is 0 Å². The molecule has 23 heavy (non-hydrogen) atoms. The molecule has 0 radical (unpaired) electrons. The van der Waals surface area contributed by atoms with Crippen molar-refractivity contribution in [2.75, 3.05) is 31.6 Å². The van der Waals surface area contributed by atoms with Gasteiger partial charge in [-0.3, -0.25) is 9.59 Å². The largest absolute Gasteiger partial charge is 0.497 e. The Morgan fingerprint density at radius 2 is 1.91 bits per heavy atom. The van der Waals surface area contributed by atoms with E-state index in [2.05, 4.69) is 5.32 Å². The van der Waals surface area contributed by atoms with Crippen molar-refractivity contribution >= 4 is 29.1 Å². The lowest BCUT2D eigenvalue weighted by molar-refractivity contribution is -0.121. The van der Waals surface area contributed by atoms with Gasteiger partial charge in [-0.15, -0.1) is 0 Å². The van der Waals surface area contributed by atoms with E-state index in [4.69, 9.17) is 16.3 Å². The van der Waals surface area contributed by atoms with Crippen molar-refractivity contribution in [2.45, 2.75) is 13.0 Å². The van der Waals surface area contributed by atoms with Gasteiger partial charge < -0.3 is 15.0 Å². The van der Waals surface area contributed by atoms with Gasteiger partial charge in [-0.2, -0.15) is 0 Å². The number of carbonyl (C=O) groups is 2. The normalized spacial score (nSPS) is 22.1. The molecule has 0 saturated carbocycles. The minimum atomic E-state index is -0.483. The van der Waals surface area contributed by atoms with Crippen molar-refractivity contribution in [1.82, 2.24) is 10.2 Å². The monoisotopic (exact) mass is 335 g/mol.